The lowest BCUT2D eigenvalue weighted by molar-refractivity contribution is -0.127. The SMILES string of the molecule is Cc1nc(NC2CCN(C)C2=O)sc1S(N)(=O)=O. The Bertz CT molecular complexity index is 581. The number of hydrogen-bond donors (Lipinski definition) is 2. The fraction of sp³-hybridized carbons (Fsp3) is 0.556. The van der Waals surface area contributed by atoms with Crippen molar-refractivity contribution in [3.8, 4) is 0 Å². The first-order valence-corrected chi connectivity index (χ1v) is 7.67. The molecule has 0 aliphatic carbocycles. The number of anilines is 1. The van der Waals surface area contributed by atoms with Crippen molar-refractivity contribution in [3.63, 3.8) is 0 Å². The van der Waals surface area contributed by atoms with Crippen molar-refractivity contribution in [1.82, 2.24) is 9.88 Å². The minimum absolute atomic E-state index is 0.0139. The van der Waals surface area contributed by atoms with Gasteiger partial charge in [0, 0.05) is 13.6 Å². The van der Waals surface area contributed by atoms with Crippen molar-refractivity contribution in [2.45, 2.75) is 23.6 Å². The summed E-state index contributed by atoms with van der Waals surface area (Å²) in [5.74, 6) is -0.0139. The van der Waals surface area contributed by atoms with Crippen LogP contribution < -0.4 is 10.5 Å². The molecule has 0 bridgehead atoms. The molecular formula is C9H14N4O3S2. The van der Waals surface area contributed by atoms with Gasteiger partial charge in [-0.3, -0.25) is 4.79 Å². The van der Waals surface area contributed by atoms with Crippen LogP contribution in [0.15, 0.2) is 4.21 Å². The Morgan fingerprint density at radius 3 is 2.67 bits per heavy atom. The summed E-state index contributed by atoms with van der Waals surface area (Å²) in [6, 6.07) is -0.339. The number of likely N-dealkylation sites (N-methyl/N-ethyl adjacent to an activating group) is 1. The first-order chi connectivity index (χ1) is 8.29. The monoisotopic (exact) mass is 290 g/mol. The molecular weight excluding hydrogens is 276 g/mol. The third kappa shape index (κ3) is 2.47. The lowest BCUT2D eigenvalue weighted by Gasteiger charge is -2.10. The molecule has 100 valence electrons. The molecule has 1 saturated heterocycles. The average molecular weight is 290 g/mol. The van der Waals surface area contributed by atoms with Gasteiger partial charge in [-0.05, 0) is 13.3 Å². The zero-order chi connectivity index (χ0) is 13.5. The number of nitrogens with one attached hydrogen (secondary N) is 1. The molecule has 1 aromatic heterocycles. The maximum atomic E-state index is 11.7. The Morgan fingerprint density at radius 1 is 1.56 bits per heavy atom. The minimum Gasteiger partial charge on any atom is -0.350 e. The van der Waals surface area contributed by atoms with Crippen molar-refractivity contribution in [1.29, 1.82) is 0 Å². The zero-order valence-electron chi connectivity index (χ0n) is 10.0. The Kier molecular flexibility index (Phi) is 3.30. The van der Waals surface area contributed by atoms with Crippen LogP contribution in [0.3, 0.4) is 0 Å². The highest BCUT2D eigenvalue weighted by atomic mass is 32.2. The van der Waals surface area contributed by atoms with Crippen LogP contribution in [0.2, 0.25) is 0 Å². The molecule has 9 heteroatoms. The number of sulfonamides is 1. The number of carbonyl (C=O) groups excluding carboxylic acids is 1. The van der Waals surface area contributed by atoms with Gasteiger partial charge in [0.1, 0.15) is 6.04 Å². The second-order valence-electron chi connectivity index (χ2n) is 4.18. The second kappa shape index (κ2) is 4.48. The predicted octanol–water partition coefficient (Wildman–Crippen LogP) is -0.258. The normalized spacial score (nSPS) is 20.5. The number of nitrogens with two attached hydrogens (primary N) is 1. The van der Waals surface area contributed by atoms with Gasteiger partial charge in [-0.15, -0.1) is 0 Å². The third-order valence-corrected chi connectivity index (χ3v) is 5.38. The first kappa shape index (κ1) is 13.2. The van der Waals surface area contributed by atoms with Gasteiger partial charge in [-0.1, -0.05) is 11.3 Å². The number of aromatic nitrogens is 1. The van der Waals surface area contributed by atoms with Gasteiger partial charge in [-0.2, -0.15) is 0 Å². The Labute approximate surface area is 109 Å². The molecule has 1 aliphatic rings. The molecule has 18 heavy (non-hydrogen) atoms. The Hall–Kier alpha value is -1.19. The van der Waals surface area contributed by atoms with Crippen LogP contribution in [0, 0.1) is 6.92 Å². The quantitative estimate of drug-likeness (QED) is 0.798. The van der Waals surface area contributed by atoms with E-state index in [1.54, 1.807) is 18.9 Å². The molecule has 7 nitrogen and oxygen atoms in total. The number of carbonyl (C=O) groups is 1. The summed E-state index contributed by atoms with van der Waals surface area (Å²) in [7, 11) is -2.02. The molecule has 0 saturated carbocycles. The molecule has 1 amide bonds. The number of nitrogens with zero attached hydrogens (tertiary/aromatic N) is 2. The molecule has 0 radical (unpaired) electrons. The van der Waals surface area contributed by atoms with Gasteiger partial charge in [0.25, 0.3) is 0 Å². The van der Waals surface area contributed by atoms with Gasteiger partial charge < -0.3 is 10.2 Å². The molecule has 1 aliphatic heterocycles. The number of rotatable bonds is 3. The summed E-state index contributed by atoms with van der Waals surface area (Å²) in [6.45, 7) is 2.26. The summed E-state index contributed by atoms with van der Waals surface area (Å²) >= 11 is 0.951. The number of thiazole rings is 1. The van der Waals surface area contributed by atoms with E-state index in [0.29, 0.717) is 23.8 Å². The molecule has 2 rings (SSSR count). The molecule has 2 heterocycles. The van der Waals surface area contributed by atoms with Gasteiger partial charge in [-0.25, -0.2) is 18.5 Å². The van der Waals surface area contributed by atoms with Crippen molar-refractivity contribution >= 4 is 32.4 Å². The number of likely N-dealkylation sites (tertiary alicyclic amines) is 1. The molecule has 1 aromatic rings. The molecule has 0 aromatic carbocycles. The average Bonchev–Trinajstić information content (AvgIpc) is 2.76. The molecule has 1 fully saturated rings. The fourth-order valence-corrected chi connectivity index (χ4v) is 3.73. The van der Waals surface area contributed by atoms with Crippen LogP contribution in [-0.4, -0.2) is 43.8 Å². The van der Waals surface area contributed by atoms with E-state index in [-0.39, 0.29) is 16.2 Å². The summed E-state index contributed by atoms with van der Waals surface area (Å²) in [4.78, 5) is 17.4. The largest absolute Gasteiger partial charge is 0.350 e. The van der Waals surface area contributed by atoms with Crippen molar-refractivity contribution in [2.75, 3.05) is 18.9 Å². The zero-order valence-corrected chi connectivity index (χ0v) is 11.6. The van der Waals surface area contributed by atoms with Crippen molar-refractivity contribution < 1.29 is 13.2 Å². The van der Waals surface area contributed by atoms with E-state index in [2.05, 4.69) is 10.3 Å². The van der Waals surface area contributed by atoms with Crippen LogP contribution in [0.1, 0.15) is 12.1 Å². The lowest BCUT2D eigenvalue weighted by Crippen LogP contribution is -2.30. The smallest absolute Gasteiger partial charge is 0.249 e. The maximum Gasteiger partial charge on any atom is 0.249 e. The third-order valence-electron chi connectivity index (χ3n) is 2.74. The molecule has 3 N–H and O–H groups in total. The van der Waals surface area contributed by atoms with E-state index in [0.717, 1.165) is 11.3 Å². The first-order valence-electron chi connectivity index (χ1n) is 5.31. The highest BCUT2D eigenvalue weighted by Gasteiger charge is 2.30. The number of primary sulfonamides is 1. The molecule has 0 spiro atoms. The van der Waals surface area contributed by atoms with E-state index >= 15 is 0 Å². The number of hydrogen-bond acceptors (Lipinski definition) is 6. The van der Waals surface area contributed by atoms with Gasteiger partial charge in [0.05, 0.1) is 5.69 Å². The Balaban J connectivity index is 2.19. The van der Waals surface area contributed by atoms with E-state index in [9.17, 15) is 13.2 Å². The summed E-state index contributed by atoms with van der Waals surface area (Å²) < 4.78 is 22.6. The molecule has 1 unspecified atom stereocenters. The van der Waals surface area contributed by atoms with E-state index in [4.69, 9.17) is 5.14 Å². The van der Waals surface area contributed by atoms with Crippen LogP contribution in [0.4, 0.5) is 5.13 Å². The van der Waals surface area contributed by atoms with Crippen LogP contribution in [-0.2, 0) is 14.8 Å². The summed E-state index contributed by atoms with van der Waals surface area (Å²) in [5.41, 5.74) is 0.351. The highest BCUT2D eigenvalue weighted by Crippen LogP contribution is 2.27. The minimum atomic E-state index is -3.75. The lowest BCUT2D eigenvalue weighted by atomic mass is 10.2. The number of amides is 1. The van der Waals surface area contributed by atoms with Gasteiger partial charge in [0.15, 0.2) is 9.34 Å². The van der Waals surface area contributed by atoms with E-state index < -0.39 is 10.0 Å². The summed E-state index contributed by atoms with van der Waals surface area (Å²) in [5, 5.41) is 8.43. The van der Waals surface area contributed by atoms with Crippen LogP contribution in [0.25, 0.3) is 0 Å². The van der Waals surface area contributed by atoms with Crippen LogP contribution in [0.5, 0.6) is 0 Å². The van der Waals surface area contributed by atoms with Gasteiger partial charge in [0.2, 0.25) is 15.9 Å². The van der Waals surface area contributed by atoms with Gasteiger partial charge >= 0.3 is 0 Å². The fourth-order valence-electron chi connectivity index (χ4n) is 1.81. The maximum absolute atomic E-state index is 11.7. The predicted molar refractivity (Wildman–Crippen MR) is 67.9 cm³/mol. The molecule has 1 atom stereocenters. The van der Waals surface area contributed by atoms with E-state index in [1.807, 2.05) is 0 Å². The Morgan fingerprint density at radius 2 is 2.22 bits per heavy atom. The second-order valence-corrected chi connectivity index (χ2v) is 6.94. The summed E-state index contributed by atoms with van der Waals surface area (Å²) in [6.07, 6.45) is 0.679. The van der Waals surface area contributed by atoms with E-state index in [1.165, 1.54) is 0 Å². The standard InChI is InChI=1S/C9H14N4O3S2/c1-5-8(18(10,15)16)17-9(11-5)12-6-3-4-13(2)7(6)14/h6H,3-4H2,1-2H3,(H,11,12)(H2,10,15,16). The topological polar surface area (TPSA) is 105 Å². The highest BCUT2D eigenvalue weighted by molar-refractivity contribution is 7.91. The number of aryl methyl sites for hydroxylation is 1. The van der Waals surface area contributed by atoms with Crippen LogP contribution >= 0.6 is 11.3 Å². The van der Waals surface area contributed by atoms with Crippen molar-refractivity contribution in [2.24, 2.45) is 5.14 Å². The van der Waals surface area contributed by atoms with Crippen molar-refractivity contribution in [3.05, 3.63) is 5.69 Å².